The van der Waals surface area contributed by atoms with Crippen molar-refractivity contribution in [2.45, 2.75) is 18.8 Å². The number of carbonyl (C=O) groups excluding carboxylic acids is 1. The van der Waals surface area contributed by atoms with E-state index in [9.17, 15) is 4.79 Å². The molecule has 3 heteroatoms. The second-order valence-electron chi connectivity index (χ2n) is 3.37. The van der Waals surface area contributed by atoms with Gasteiger partial charge in [0.05, 0.1) is 13.5 Å². The second-order valence-corrected chi connectivity index (χ2v) is 4.44. The van der Waals surface area contributed by atoms with E-state index in [1.807, 2.05) is 18.2 Å². The van der Waals surface area contributed by atoms with E-state index in [1.54, 1.807) is 0 Å². The Hall–Kier alpha value is -0.580. The van der Waals surface area contributed by atoms with Gasteiger partial charge in [-0.15, -0.1) is 0 Å². The van der Waals surface area contributed by atoms with Crippen molar-refractivity contribution in [3.8, 4) is 0 Å². The van der Waals surface area contributed by atoms with Crippen LogP contribution in [0.25, 0.3) is 0 Å². The Morgan fingerprint density at radius 3 is 2.60 bits per heavy atom. The van der Waals surface area contributed by atoms with Crippen LogP contribution in [0, 0.1) is 0 Å². The van der Waals surface area contributed by atoms with Crippen LogP contribution in [0.1, 0.15) is 24.3 Å². The standard InChI is InChI=1S/C12H15IO2/c1-15-12(14)9-11(7-8-13)10-5-3-2-4-6-10/h2-6,11H,7-9H2,1H3. The molecule has 1 atom stereocenters. The van der Waals surface area contributed by atoms with E-state index in [0.29, 0.717) is 6.42 Å². The lowest BCUT2D eigenvalue weighted by atomic mass is 9.93. The van der Waals surface area contributed by atoms with Gasteiger partial charge in [-0.05, 0) is 17.9 Å². The van der Waals surface area contributed by atoms with Crippen molar-refractivity contribution in [2.24, 2.45) is 0 Å². The third-order valence-corrected chi connectivity index (χ3v) is 2.99. The lowest BCUT2D eigenvalue weighted by Gasteiger charge is -2.14. The third-order valence-electron chi connectivity index (χ3n) is 2.37. The number of benzene rings is 1. The van der Waals surface area contributed by atoms with Crippen LogP contribution in [0.2, 0.25) is 0 Å². The minimum Gasteiger partial charge on any atom is -0.469 e. The van der Waals surface area contributed by atoms with Crippen molar-refractivity contribution >= 4 is 28.6 Å². The Balaban J connectivity index is 2.70. The maximum atomic E-state index is 11.2. The van der Waals surface area contributed by atoms with Crippen molar-refractivity contribution in [1.82, 2.24) is 0 Å². The summed E-state index contributed by atoms with van der Waals surface area (Å²) in [5.41, 5.74) is 1.22. The Labute approximate surface area is 104 Å². The Morgan fingerprint density at radius 1 is 1.40 bits per heavy atom. The van der Waals surface area contributed by atoms with Gasteiger partial charge in [-0.25, -0.2) is 0 Å². The lowest BCUT2D eigenvalue weighted by Crippen LogP contribution is -2.09. The number of halogens is 1. The molecular formula is C12H15IO2. The number of ether oxygens (including phenoxy) is 1. The fraction of sp³-hybridized carbons (Fsp3) is 0.417. The molecule has 0 bridgehead atoms. The molecule has 0 aliphatic heterocycles. The van der Waals surface area contributed by atoms with Crippen molar-refractivity contribution in [3.05, 3.63) is 35.9 Å². The first-order valence-corrected chi connectivity index (χ1v) is 6.48. The molecule has 0 spiro atoms. The zero-order valence-electron chi connectivity index (χ0n) is 8.78. The molecule has 82 valence electrons. The molecule has 0 saturated heterocycles. The monoisotopic (exact) mass is 318 g/mol. The van der Waals surface area contributed by atoms with Gasteiger partial charge in [-0.1, -0.05) is 52.9 Å². The molecule has 0 aliphatic carbocycles. The Morgan fingerprint density at radius 2 is 2.07 bits per heavy atom. The highest BCUT2D eigenvalue weighted by Crippen LogP contribution is 2.24. The Bertz CT molecular complexity index is 298. The molecule has 0 saturated carbocycles. The molecule has 0 fully saturated rings. The molecular weight excluding hydrogens is 303 g/mol. The molecule has 0 heterocycles. The summed E-state index contributed by atoms with van der Waals surface area (Å²) in [6, 6.07) is 10.1. The van der Waals surface area contributed by atoms with Gasteiger partial charge in [0.15, 0.2) is 0 Å². The zero-order chi connectivity index (χ0) is 11.1. The van der Waals surface area contributed by atoms with Gasteiger partial charge in [-0.3, -0.25) is 4.79 Å². The van der Waals surface area contributed by atoms with Crippen LogP contribution in [0.5, 0.6) is 0 Å². The van der Waals surface area contributed by atoms with Crippen LogP contribution in [0.4, 0.5) is 0 Å². The van der Waals surface area contributed by atoms with Crippen molar-refractivity contribution < 1.29 is 9.53 Å². The first-order valence-electron chi connectivity index (χ1n) is 4.95. The minimum atomic E-state index is -0.131. The molecule has 0 N–H and O–H groups in total. The van der Waals surface area contributed by atoms with E-state index in [0.717, 1.165) is 10.8 Å². The van der Waals surface area contributed by atoms with E-state index in [-0.39, 0.29) is 11.9 Å². The Kier molecular flexibility index (Phi) is 5.68. The number of methoxy groups -OCH3 is 1. The summed E-state index contributed by atoms with van der Waals surface area (Å²) < 4.78 is 5.76. The number of esters is 1. The molecule has 1 unspecified atom stereocenters. The third kappa shape index (κ3) is 4.20. The van der Waals surface area contributed by atoms with Crippen LogP contribution in [0.3, 0.4) is 0 Å². The number of carbonyl (C=O) groups is 1. The summed E-state index contributed by atoms with van der Waals surface area (Å²) in [6.45, 7) is 0. The molecule has 0 aromatic heterocycles. The molecule has 1 aromatic carbocycles. The highest BCUT2D eigenvalue weighted by molar-refractivity contribution is 14.1. The smallest absolute Gasteiger partial charge is 0.306 e. The van der Waals surface area contributed by atoms with Gasteiger partial charge in [0.2, 0.25) is 0 Å². The van der Waals surface area contributed by atoms with Gasteiger partial charge in [-0.2, -0.15) is 0 Å². The van der Waals surface area contributed by atoms with Crippen LogP contribution in [-0.2, 0) is 9.53 Å². The van der Waals surface area contributed by atoms with Crippen molar-refractivity contribution in [1.29, 1.82) is 0 Å². The first kappa shape index (κ1) is 12.5. The zero-order valence-corrected chi connectivity index (χ0v) is 10.9. The van der Waals surface area contributed by atoms with E-state index in [2.05, 4.69) is 34.7 Å². The van der Waals surface area contributed by atoms with E-state index in [4.69, 9.17) is 4.74 Å². The molecule has 0 amide bonds. The highest BCUT2D eigenvalue weighted by Gasteiger charge is 2.15. The molecule has 2 nitrogen and oxygen atoms in total. The average Bonchev–Trinajstić information content (AvgIpc) is 2.29. The number of hydrogen-bond donors (Lipinski definition) is 0. The average molecular weight is 318 g/mol. The van der Waals surface area contributed by atoms with E-state index < -0.39 is 0 Å². The molecule has 1 aromatic rings. The van der Waals surface area contributed by atoms with Gasteiger partial charge in [0.1, 0.15) is 0 Å². The summed E-state index contributed by atoms with van der Waals surface area (Å²) in [5.74, 6) is 0.157. The summed E-state index contributed by atoms with van der Waals surface area (Å²) in [5, 5.41) is 0. The minimum absolute atomic E-state index is 0.131. The summed E-state index contributed by atoms with van der Waals surface area (Å²) >= 11 is 2.34. The predicted octanol–water partition coefficient (Wildman–Crippen LogP) is 3.16. The largest absolute Gasteiger partial charge is 0.469 e. The number of alkyl halides is 1. The SMILES string of the molecule is COC(=O)CC(CCI)c1ccccc1. The predicted molar refractivity (Wildman–Crippen MR) is 69.3 cm³/mol. The van der Waals surface area contributed by atoms with Gasteiger partial charge in [0, 0.05) is 4.43 Å². The summed E-state index contributed by atoms with van der Waals surface area (Å²) in [6.07, 6.45) is 1.49. The van der Waals surface area contributed by atoms with Gasteiger partial charge in [0.25, 0.3) is 0 Å². The number of rotatable bonds is 5. The van der Waals surface area contributed by atoms with Gasteiger partial charge < -0.3 is 4.74 Å². The topological polar surface area (TPSA) is 26.3 Å². The van der Waals surface area contributed by atoms with Crippen LogP contribution >= 0.6 is 22.6 Å². The molecule has 1 rings (SSSR count). The fourth-order valence-corrected chi connectivity index (χ4v) is 2.28. The first-order chi connectivity index (χ1) is 7.27. The quantitative estimate of drug-likeness (QED) is 0.474. The number of hydrogen-bond acceptors (Lipinski definition) is 2. The second kappa shape index (κ2) is 6.82. The van der Waals surface area contributed by atoms with Crippen molar-refractivity contribution in [3.63, 3.8) is 0 Å². The van der Waals surface area contributed by atoms with Crippen LogP contribution in [0.15, 0.2) is 30.3 Å². The van der Waals surface area contributed by atoms with E-state index >= 15 is 0 Å². The maximum absolute atomic E-state index is 11.2. The van der Waals surface area contributed by atoms with Crippen LogP contribution in [-0.4, -0.2) is 17.5 Å². The lowest BCUT2D eigenvalue weighted by molar-refractivity contribution is -0.141. The molecule has 15 heavy (non-hydrogen) atoms. The van der Waals surface area contributed by atoms with E-state index in [1.165, 1.54) is 12.7 Å². The van der Waals surface area contributed by atoms with Crippen molar-refractivity contribution in [2.75, 3.05) is 11.5 Å². The van der Waals surface area contributed by atoms with Gasteiger partial charge >= 0.3 is 5.97 Å². The normalized spacial score (nSPS) is 12.1. The molecule has 0 radical (unpaired) electrons. The summed E-state index contributed by atoms with van der Waals surface area (Å²) in [7, 11) is 1.44. The van der Waals surface area contributed by atoms with Crippen LogP contribution < -0.4 is 0 Å². The highest BCUT2D eigenvalue weighted by atomic mass is 127. The maximum Gasteiger partial charge on any atom is 0.306 e. The summed E-state index contributed by atoms with van der Waals surface area (Å²) in [4.78, 5) is 11.2. The molecule has 0 aliphatic rings. The fourth-order valence-electron chi connectivity index (χ4n) is 1.53.